The zero-order valence-corrected chi connectivity index (χ0v) is 14.7. The van der Waals surface area contributed by atoms with Gasteiger partial charge in [-0.05, 0) is 25.0 Å². The van der Waals surface area contributed by atoms with Crippen LogP contribution in [0.25, 0.3) is 0 Å². The fourth-order valence-corrected chi connectivity index (χ4v) is 4.54. The van der Waals surface area contributed by atoms with Crippen molar-refractivity contribution in [3.8, 4) is 0 Å². The quantitative estimate of drug-likeness (QED) is 0.755. The van der Waals surface area contributed by atoms with E-state index in [-0.39, 0.29) is 49.0 Å². The third kappa shape index (κ3) is 3.46. The fraction of sp³-hybridized carbons (Fsp3) is 0.467. The number of hydrogen-bond donors (Lipinski definition) is 1. The van der Waals surface area contributed by atoms with E-state index in [9.17, 15) is 18.0 Å². The zero-order chi connectivity index (χ0) is 16.6. The number of benzene rings is 1. The summed E-state index contributed by atoms with van der Waals surface area (Å²) in [5.41, 5.74) is 6.49. The molecule has 9 heteroatoms. The van der Waals surface area contributed by atoms with Gasteiger partial charge in [0, 0.05) is 25.7 Å². The van der Waals surface area contributed by atoms with E-state index in [0.29, 0.717) is 30.6 Å². The SMILES string of the molecule is Cl.N[C@@H]1CCN(S(=O)(=O)CCCN2C(=O)c3ccccc3C2=O)C1. The first kappa shape index (κ1) is 18.9. The van der Waals surface area contributed by atoms with Crippen LogP contribution in [0.5, 0.6) is 0 Å². The van der Waals surface area contributed by atoms with Gasteiger partial charge in [0.05, 0.1) is 16.9 Å². The first-order chi connectivity index (χ1) is 10.9. The van der Waals surface area contributed by atoms with Crippen LogP contribution in [0.1, 0.15) is 33.6 Å². The van der Waals surface area contributed by atoms with Crippen molar-refractivity contribution in [3.05, 3.63) is 35.4 Å². The number of hydrogen-bond acceptors (Lipinski definition) is 5. The molecule has 132 valence electrons. The highest BCUT2D eigenvalue weighted by Crippen LogP contribution is 2.22. The second-order valence-electron chi connectivity index (χ2n) is 5.88. The predicted octanol–water partition coefficient (Wildman–Crippen LogP) is 0.457. The fourth-order valence-electron chi connectivity index (χ4n) is 2.98. The highest BCUT2D eigenvalue weighted by Gasteiger charge is 2.35. The molecular formula is C15H20ClN3O4S. The summed E-state index contributed by atoms with van der Waals surface area (Å²) in [5, 5.41) is 0. The lowest BCUT2D eigenvalue weighted by molar-refractivity contribution is 0.0654. The molecule has 24 heavy (non-hydrogen) atoms. The number of rotatable bonds is 5. The highest BCUT2D eigenvalue weighted by molar-refractivity contribution is 7.89. The molecule has 0 aromatic heterocycles. The number of fused-ring (bicyclic) bond motifs is 1. The summed E-state index contributed by atoms with van der Waals surface area (Å²) in [7, 11) is -3.38. The van der Waals surface area contributed by atoms with Gasteiger partial charge in [0.15, 0.2) is 0 Å². The molecule has 0 aliphatic carbocycles. The van der Waals surface area contributed by atoms with E-state index < -0.39 is 10.0 Å². The molecule has 0 bridgehead atoms. The summed E-state index contributed by atoms with van der Waals surface area (Å²) < 4.78 is 25.8. The molecule has 0 unspecified atom stereocenters. The number of amides is 2. The summed E-state index contributed by atoms with van der Waals surface area (Å²) in [6, 6.07) is 6.51. The van der Waals surface area contributed by atoms with E-state index in [4.69, 9.17) is 5.73 Å². The summed E-state index contributed by atoms with van der Waals surface area (Å²) in [6.07, 6.45) is 0.886. The Kier molecular flexibility index (Phi) is 5.64. The predicted molar refractivity (Wildman–Crippen MR) is 91.6 cm³/mol. The first-order valence-corrected chi connectivity index (χ1v) is 9.20. The molecule has 0 radical (unpaired) electrons. The molecule has 1 saturated heterocycles. The van der Waals surface area contributed by atoms with Crippen molar-refractivity contribution in [2.75, 3.05) is 25.4 Å². The summed E-state index contributed by atoms with van der Waals surface area (Å²) in [5.74, 6) is -0.801. The molecule has 0 spiro atoms. The van der Waals surface area contributed by atoms with Gasteiger partial charge in [0.25, 0.3) is 11.8 Å². The Hall–Kier alpha value is -1.48. The van der Waals surface area contributed by atoms with E-state index in [1.807, 2.05) is 0 Å². The van der Waals surface area contributed by atoms with Crippen molar-refractivity contribution in [3.63, 3.8) is 0 Å². The number of carbonyl (C=O) groups excluding carboxylic acids is 2. The second-order valence-corrected chi connectivity index (χ2v) is 7.97. The van der Waals surface area contributed by atoms with Gasteiger partial charge in [0.2, 0.25) is 10.0 Å². The molecule has 3 rings (SSSR count). The molecule has 7 nitrogen and oxygen atoms in total. The minimum absolute atomic E-state index is 0. The Morgan fingerprint density at radius 3 is 2.21 bits per heavy atom. The molecule has 1 fully saturated rings. The molecular weight excluding hydrogens is 354 g/mol. The molecule has 2 N–H and O–H groups in total. The van der Waals surface area contributed by atoms with Crippen LogP contribution in [-0.2, 0) is 10.0 Å². The van der Waals surface area contributed by atoms with E-state index in [2.05, 4.69) is 0 Å². The van der Waals surface area contributed by atoms with Gasteiger partial charge in [-0.1, -0.05) is 12.1 Å². The van der Waals surface area contributed by atoms with Gasteiger partial charge in [-0.15, -0.1) is 12.4 Å². The van der Waals surface area contributed by atoms with Gasteiger partial charge >= 0.3 is 0 Å². The topological polar surface area (TPSA) is 101 Å². The van der Waals surface area contributed by atoms with Crippen molar-refractivity contribution >= 4 is 34.2 Å². The average molecular weight is 374 g/mol. The normalized spacial score (nSPS) is 21.0. The minimum Gasteiger partial charge on any atom is -0.326 e. The number of nitrogens with two attached hydrogens (primary N) is 1. The molecule has 1 aromatic rings. The number of nitrogens with zero attached hydrogens (tertiary/aromatic N) is 2. The molecule has 2 aliphatic heterocycles. The van der Waals surface area contributed by atoms with E-state index in [0.717, 1.165) is 4.90 Å². The van der Waals surface area contributed by atoms with Crippen LogP contribution in [0, 0.1) is 0 Å². The Morgan fingerprint density at radius 2 is 1.71 bits per heavy atom. The third-order valence-electron chi connectivity index (χ3n) is 4.24. The summed E-state index contributed by atoms with van der Waals surface area (Å²) in [6.45, 7) is 0.886. The Labute approximate surface area is 147 Å². The summed E-state index contributed by atoms with van der Waals surface area (Å²) >= 11 is 0. The third-order valence-corrected chi connectivity index (χ3v) is 6.17. The lowest BCUT2D eigenvalue weighted by Gasteiger charge is -2.17. The molecule has 2 aliphatic rings. The Balaban J connectivity index is 0.00000208. The van der Waals surface area contributed by atoms with Crippen LogP contribution in [0.2, 0.25) is 0 Å². The maximum Gasteiger partial charge on any atom is 0.261 e. The van der Waals surface area contributed by atoms with E-state index in [1.54, 1.807) is 24.3 Å². The maximum atomic E-state index is 12.2. The van der Waals surface area contributed by atoms with Gasteiger partial charge in [-0.25, -0.2) is 12.7 Å². The largest absolute Gasteiger partial charge is 0.326 e. The van der Waals surface area contributed by atoms with Gasteiger partial charge in [-0.2, -0.15) is 0 Å². The van der Waals surface area contributed by atoms with Crippen molar-refractivity contribution in [1.29, 1.82) is 0 Å². The van der Waals surface area contributed by atoms with Crippen LogP contribution >= 0.6 is 12.4 Å². The monoisotopic (exact) mass is 373 g/mol. The van der Waals surface area contributed by atoms with Crippen LogP contribution in [0.3, 0.4) is 0 Å². The van der Waals surface area contributed by atoms with Crippen molar-refractivity contribution in [2.45, 2.75) is 18.9 Å². The van der Waals surface area contributed by atoms with Crippen molar-refractivity contribution in [2.24, 2.45) is 5.73 Å². The van der Waals surface area contributed by atoms with Gasteiger partial charge in [0.1, 0.15) is 0 Å². The van der Waals surface area contributed by atoms with Gasteiger partial charge < -0.3 is 5.73 Å². The number of halogens is 1. The zero-order valence-electron chi connectivity index (χ0n) is 13.1. The van der Waals surface area contributed by atoms with Crippen LogP contribution in [-0.4, -0.2) is 60.9 Å². The Bertz CT molecular complexity index is 718. The molecule has 0 saturated carbocycles. The number of sulfonamides is 1. The van der Waals surface area contributed by atoms with E-state index >= 15 is 0 Å². The van der Waals surface area contributed by atoms with Crippen molar-refractivity contribution < 1.29 is 18.0 Å². The minimum atomic E-state index is -3.38. The standard InChI is InChI=1S/C15H19N3O4S.ClH/c16-11-6-8-17(10-11)23(21,22)9-3-7-18-14(19)12-4-1-2-5-13(12)15(18)20;/h1-2,4-5,11H,3,6-10,16H2;1H/t11-;/m1./s1. The number of imide groups is 1. The molecule has 2 heterocycles. The van der Waals surface area contributed by atoms with Crippen LogP contribution < -0.4 is 5.73 Å². The van der Waals surface area contributed by atoms with Crippen LogP contribution in [0.15, 0.2) is 24.3 Å². The smallest absolute Gasteiger partial charge is 0.261 e. The van der Waals surface area contributed by atoms with Crippen LogP contribution in [0.4, 0.5) is 0 Å². The molecule has 1 atom stereocenters. The second kappa shape index (κ2) is 7.18. The lowest BCUT2D eigenvalue weighted by atomic mass is 10.1. The molecule has 2 amide bonds. The molecule has 1 aromatic carbocycles. The average Bonchev–Trinajstić information content (AvgIpc) is 3.06. The van der Waals surface area contributed by atoms with Crippen molar-refractivity contribution in [1.82, 2.24) is 9.21 Å². The number of carbonyl (C=O) groups is 2. The van der Waals surface area contributed by atoms with Gasteiger partial charge in [-0.3, -0.25) is 14.5 Å². The highest BCUT2D eigenvalue weighted by atomic mass is 35.5. The lowest BCUT2D eigenvalue weighted by Crippen LogP contribution is -2.36. The van der Waals surface area contributed by atoms with E-state index in [1.165, 1.54) is 4.31 Å². The summed E-state index contributed by atoms with van der Waals surface area (Å²) in [4.78, 5) is 25.5. The Morgan fingerprint density at radius 1 is 1.12 bits per heavy atom. The maximum absolute atomic E-state index is 12.2. The first-order valence-electron chi connectivity index (χ1n) is 7.59.